The molecule has 0 aliphatic carbocycles. The first-order chi connectivity index (χ1) is 15.9. The second-order valence-electron chi connectivity index (χ2n) is 8.00. The van der Waals surface area contributed by atoms with E-state index >= 15 is 0 Å². The average Bonchev–Trinajstić information content (AvgIpc) is 3.16. The number of fused-ring (bicyclic) bond motifs is 1. The minimum absolute atomic E-state index is 0.0566. The fourth-order valence-electron chi connectivity index (χ4n) is 4.02. The highest BCUT2D eigenvalue weighted by atomic mass is 32.2. The smallest absolute Gasteiger partial charge is 0.240 e. The van der Waals surface area contributed by atoms with E-state index in [1.807, 2.05) is 36.4 Å². The van der Waals surface area contributed by atoms with Gasteiger partial charge in [0.25, 0.3) is 0 Å². The van der Waals surface area contributed by atoms with E-state index in [1.54, 1.807) is 42.5 Å². The zero-order valence-corrected chi connectivity index (χ0v) is 19.1. The number of nitrogens with two attached hydrogens (primary N) is 1. The van der Waals surface area contributed by atoms with Crippen LogP contribution in [-0.4, -0.2) is 45.6 Å². The van der Waals surface area contributed by atoms with Crippen molar-refractivity contribution in [2.75, 3.05) is 20.2 Å². The molecule has 3 N–H and O–H groups in total. The van der Waals surface area contributed by atoms with E-state index in [4.69, 9.17) is 10.6 Å². The van der Waals surface area contributed by atoms with Crippen molar-refractivity contribution in [3.63, 3.8) is 0 Å². The Bertz CT molecular complexity index is 1310. The molecule has 0 radical (unpaired) electrons. The molecule has 0 aromatic heterocycles. The zero-order valence-electron chi connectivity index (χ0n) is 18.3. The minimum atomic E-state index is -3.76. The van der Waals surface area contributed by atoms with Gasteiger partial charge < -0.3 is 15.5 Å². The maximum Gasteiger partial charge on any atom is 0.240 e. The van der Waals surface area contributed by atoms with Gasteiger partial charge in [0, 0.05) is 19.6 Å². The quantitative estimate of drug-likeness (QED) is 0.301. The molecule has 1 atom stereocenters. The molecule has 1 amide bonds. The van der Waals surface area contributed by atoms with E-state index in [9.17, 15) is 13.2 Å². The van der Waals surface area contributed by atoms with E-state index in [2.05, 4.69) is 9.82 Å². The van der Waals surface area contributed by atoms with Gasteiger partial charge in [0.1, 0.15) is 5.75 Å². The van der Waals surface area contributed by atoms with Crippen LogP contribution in [0.4, 0.5) is 0 Å². The number of carbonyl (C=O) groups is 1. The molecular formula is C24H26N4O4S. The highest BCUT2D eigenvalue weighted by molar-refractivity contribution is 7.89. The predicted molar refractivity (Wildman–Crippen MR) is 127 cm³/mol. The largest absolute Gasteiger partial charge is 0.497 e. The van der Waals surface area contributed by atoms with E-state index in [0.29, 0.717) is 25.3 Å². The van der Waals surface area contributed by atoms with Crippen molar-refractivity contribution >= 4 is 32.9 Å². The minimum Gasteiger partial charge on any atom is -0.497 e. The number of methoxy groups -OCH3 is 1. The van der Waals surface area contributed by atoms with Crippen molar-refractivity contribution in [1.29, 1.82) is 0 Å². The number of rotatable bonds is 8. The molecule has 0 spiro atoms. The molecule has 3 aromatic rings. The topological polar surface area (TPSA) is 114 Å². The molecule has 4 rings (SSSR count). The Hall–Kier alpha value is -3.43. The lowest BCUT2D eigenvalue weighted by Crippen LogP contribution is -2.34. The fraction of sp³-hybridized carbons (Fsp3) is 0.250. The predicted octanol–water partition coefficient (Wildman–Crippen LogP) is 2.47. The van der Waals surface area contributed by atoms with Crippen LogP contribution >= 0.6 is 0 Å². The number of likely N-dealkylation sites (tertiary alicyclic amines) is 1. The molecule has 8 nitrogen and oxygen atoms in total. The lowest BCUT2D eigenvalue weighted by Gasteiger charge is -2.17. The lowest BCUT2D eigenvalue weighted by atomic mass is 10.1. The van der Waals surface area contributed by atoms with E-state index in [-0.39, 0.29) is 17.3 Å². The van der Waals surface area contributed by atoms with Crippen molar-refractivity contribution < 1.29 is 17.9 Å². The number of hydrogen-bond acceptors (Lipinski definition) is 6. The summed E-state index contributed by atoms with van der Waals surface area (Å²) in [5, 5.41) is 5.21. The van der Waals surface area contributed by atoms with Gasteiger partial charge in [-0.05, 0) is 58.7 Å². The van der Waals surface area contributed by atoms with Gasteiger partial charge >= 0.3 is 0 Å². The first-order valence-corrected chi connectivity index (χ1v) is 12.1. The van der Waals surface area contributed by atoms with Crippen LogP contribution in [0.5, 0.6) is 5.75 Å². The van der Waals surface area contributed by atoms with E-state index < -0.39 is 15.9 Å². The molecule has 1 saturated heterocycles. The SMILES string of the molecule is COc1ccc2ccc(S(=O)(=O)NC[C@@H]3CCN(Cc4cccc(C=NN)c4)C3=O)cc2c1. The Balaban J connectivity index is 1.41. The molecule has 1 heterocycles. The monoisotopic (exact) mass is 466 g/mol. The molecule has 0 saturated carbocycles. The first-order valence-electron chi connectivity index (χ1n) is 10.6. The molecular weight excluding hydrogens is 440 g/mol. The van der Waals surface area contributed by atoms with Crippen molar-refractivity contribution in [2.45, 2.75) is 17.9 Å². The Morgan fingerprint density at radius 1 is 1.15 bits per heavy atom. The molecule has 0 bridgehead atoms. The van der Waals surface area contributed by atoms with Gasteiger partial charge in [-0.15, -0.1) is 0 Å². The number of sulfonamides is 1. The highest BCUT2D eigenvalue weighted by Gasteiger charge is 2.32. The molecule has 172 valence electrons. The molecule has 1 fully saturated rings. The summed E-state index contributed by atoms with van der Waals surface area (Å²) in [4.78, 5) is 14.8. The van der Waals surface area contributed by atoms with Crippen LogP contribution in [0.2, 0.25) is 0 Å². The Kier molecular flexibility index (Phi) is 6.62. The van der Waals surface area contributed by atoms with E-state index in [0.717, 1.165) is 21.9 Å². The summed E-state index contributed by atoms with van der Waals surface area (Å²) >= 11 is 0. The van der Waals surface area contributed by atoms with Crippen molar-refractivity contribution in [3.05, 3.63) is 71.8 Å². The maximum atomic E-state index is 12.9. The third-order valence-corrected chi connectivity index (χ3v) is 7.23. The molecule has 9 heteroatoms. The highest BCUT2D eigenvalue weighted by Crippen LogP contribution is 2.25. The summed E-state index contributed by atoms with van der Waals surface area (Å²) in [6, 6.07) is 18.1. The van der Waals surface area contributed by atoms with Gasteiger partial charge in [0.2, 0.25) is 15.9 Å². The average molecular weight is 467 g/mol. The summed E-state index contributed by atoms with van der Waals surface area (Å²) < 4.78 is 33.6. The third-order valence-electron chi connectivity index (χ3n) is 5.81. The Morgan fingerprint density at radius 2 is 1.97 bits per heavy atom. The lowest BCUT2D eigenvalue weighted by molar-refractivity contribution is -0.131. The number of hydrazone groups is 1. The molecule has 3 aromatic carbocycles. The molecule has 33 heavy (non-hydrogen) atoms. The molecule has 0 unspecified atom stereocenters. The maximum absolute atomic E-state index is 12.9. The first kappa shape index (κ1) is 22.8. The van der Waals surface area contributed by atoms with Crippen LogP contribution in [0, 0.1) is 5.92 Å². The zero-order chi connectivity index (χ0) is 23.4. The third kappa shape index (κ3) is 5.15. The van der Waals surface area contributed by atoms with Crippen molar-refractivity contribution in [2.24, 2.45) is 16.9 Å². The number of benzene rings is 3. The molecule has 1 aliphatic heterocycles. The van der Waals surface area contributed by atoms with Crippen LogP contribution in [0.3, 0.4) is 0 Å². The van der Waals surface area contributed by atoms with Gasteiger partial charge in [-0.25, -0.2) is 13.1 Å². The van der Waals surface area contributed by atoms with Gasteiger partial charge in [-0.2, -0.15) is 5.10 Å². The number of nitrogens with zero attached hydrogens (tertiary/aromatic N) is 2. The van der Waals surface area contributed by atoms with Crippen LogP contribution < -0.4 is 15.3 Å². The summed E-state index contributed by atoms with van der Waals surface area (Å²) in [7, 11) is -2.19. The van der Waals surface area contributed by atoms with E-state index in [1.165, 1.54) is 0 Å². The van der Waals surface area contributed by atoms with Gasteiger partial charge in [-0.1, -0.05) is 30.3 Å². The number of hydrogen-bond donors (Lipinski definition) is 2. The van der Waals surface area contributed by atoms with Crippen LogP contribution in [0.1, 0.15) is 17.5 Å². The van der Waals surface area contributed by atoms with Crippen LogP contribution in [0.15, 0.2) is 70.7 Å². The number of carbonyl (C=O) groups excluding carboxylic acids is 1. The van der Waals surface area contributed by atoms with Gasteiger partial charge in [0.05, 0.1) is 24.1 Å². The van der Waals surface area contributed by atoms with Crippen LogP contribution in [0.25, 0.3) is 10.8 Å². The van der Waals surface area contributed by atoms with Gasteiger partial charge in [0.15, 0.2) is 0 Å². The molecule has 1 aliphatic rings. The fourth-order valence-corrected chi connectivity index (χ4v) is 5.14. The summed E-state index contributed by atoms with van der Waals surface area (Å²) in [5.41, 5.74) is 1.83. The summed E-state index contributed by atoms with van der Waals surface area (Å²) in [6.07, 6.45) is 2.15. The van der Waals surface area contributed by atoms with Crippen LogP contribution in [-0.2, 0) is 21.4 Å². The van der Waals surface area contributed by atoms with Crippen molar-refractivity contribution in [3.8, 4) is 5.75 Å². The normalized spacial score (nSPS) is 16.7. The number of ether oxygens (including phenoxy) is 1. The number of nitrogens with one attached hydrogen (secondary N) is 1. The second-order valence-corrected chi connectivity index (χ2v) is 9.76. The van der Waals surface area contributed by atoms with Crippen molar-refractivity contribution in [1.82, 2.24) is 9.62 Å². The Labute approximate surface area is 193 Å². The number of amides is 1. The summed E-state index contributed by atoms with van der Waals surface area (Å²) in [5.74, 6) is 5.41. The second kappa shape index (κ2) is 9.60. The standard InChI is InChI=1S/C24H26N4O4S/c1-32-22-7-5-19-6-8-23(13-21(19)12-22)33(30,31)27-15-20-9-10-28(24(20)29)16-18-4-2-3-17(11-18)14-26-25/h2-8,11-14,20,27H,9-10,15-16,25H2,1H3/t20-/m0/s1. The van der Waals surface area contributed by atoms with Gasteiger partial charge in [-0.3, -0.25) is 4.79 Å². The summed E-state index contributed by atoms with van der Waals surface area (Å²) in [6.45, 7) is 1.10. The Morgan fingerprint density at radius 3 is 2.76 bits per heavy atom.